The van der Waals surface area contributed by atoms with Crippen LogP contribution in [-0.4, -0.2) is 14.2 Å². The molecule has 0 spiro atoms. The first-order valence-electron chi connectivity index (χ1n) is 5.98. The van der Waals surface area contributed by atoms with Gasteiger partial charge in [-0.05, 0) is 12.8 Å². The fraction of sp³-hybridized carbons (Fsp3) is 0.429. The fourth-order valence-electron chi connectivity index (χ4n) is 3.14. The van der Waals surface area contributed by atoms with E-state index in [1.165, 1.54) is 24.0 Å². The van der Waals surface area contributed by atoms with Crippen molar-refractivity contribution in [3.05, 3.63) is 29.3 Å². The highest BCUT2D eigenvalue weighted by molar-refractivity contribution is 5.69. The number of nitrogens with two attached hydrogens (primary N) is 1. The zero-order valence-corrected chi connectivity index (χ0v) is 10.2. The molecule has 0 aliphatic heterocycles. The Kier molecular flexibility index (Phi) is 2.28. The van der Waals surface area contributed by atoms with Gasteiger partial charge in [0.15, 0.2) is 0 Å². The van der Waals surface area contributed by atoms with E-state index >= 15 is 0 Å². The number of rotatable bonds is 2. The van der Waals surface area contributed by atoms with Crippen LogP contribution in [0.25, 0.3) is 0 Å². The second-order valence-electron chi connectivity index (χ2n) is 4.70. The highest BCUT2D eigenvalue weighted by Gasteiger charge is 2.35. The normalized spacial score (nSPS) is 24.6. The Morgan fingerprint density at radius 1 is 1.06 bits per heavy atom. The third-order valence-electron chi connectivity index (χ3n) is 3.88. The molecule has 0 saturated heterocycles. The summed E-state index contributed by atoms with van der Waals surface area (Å²) in [5.41, 5.74) is 9.22. The van der Waals surface area contributed by atoms with Crippen LogP contribution in [0.1, 0.15) is 35.8 Å². The average Bonchev–Trinajstić information content (AvgIpc) is 2.39. The van der Waals surface area contributed by atoms with Crippen LogP contribution in [0.2, 0.25) is 0 Å². The van der Waals surface area contributed by atoms with Gasteiger partial charge in [0.1, 0.15) is 11.5 Å². The van der Waals surface area contributed by atoms with E-state index < -0.39 is 0 Å². The molecule has 0 heterocycles. The van der Waals surface area contributed by atoms with Gasteiger partial charge in [0, 0.05) is 29.0 Å². The van der Waals surface area contributed by atoms with Gasteiger partial charge >= 0.3 is 0 Å². The summed E-state index contributed by atoms with van der Waals surface area (Å²) in [7, 11) is 3.39. The predicted octanol–water partition coefficient (Wildman–Crippen LogP) is 2.82. The molecule has 90 valence electrons. The lowest BCUT2D eigenvalue weighted by atomic mass is 9.70. The van der Waals surface area contributed by atoms with Crippen LogP contribution in [0.3, 0.4) is 0 Å². The van der Waals surface area contributed by atoms with E-state index in [1.54, 1.807) is 14.2 Å². The van der Waals surface area contributed by atoms with Crippen molar-refractivity contribution in [1.29, 1.82) is 0 Å². The Balaban J connectivity index is 2.29. The molecule has 3 aliphatic carbocycles. The summed E-state index contributed by atoms with van der Waals surface area (Å²) < 4.78 is 11.0. The second-order valence-corrected chi connectivity index (χ2v) is 4.70. The number of ether oxygens (including phenoxy) is 2. The molecule has 3 heteroatoms. The van der Waals surface area contributed by atoms with Crippen LogP contribution in [-0.2, 0) is 0 Å². The third-order valence-corrected chi connectivity index (χ3v) is 3.88. The van der Waals surface area contributed by atoms with E-state index in [-0.39, 0.29) is 0 Å². The number of allylic oxidation sites excluding steroid dienone is 2. The van der Waals surface area contributed by atoms with Crippen LogP contribution in [0.15, 0.2) is 18.2 Å². The lowest BCUT2D eigenvalue weighted by Gasteiger charge is -2.36. The zero-order chi connectivity index (χ0) is 12.0. The Morgan fingerprint density at radius 2 is 1.71 bits per heavy atom. The van der Waals surface area contributed by atoms with Gasteiger partial charge in [-0.1, -0.05) is 12.2 Å². The molecule has 4 rings (SSSR count). The minimum atomic E-state index is 0.433. The summed E-state index contributed by atoms with van der Waals surface area (Å²) in [6, 6.07) is 1.88. The Morgan fingerprint density at radius 3 is 2.24 bits per heavy atom. The Bertz CT molecular complexity index is 493. The van der Waals surface area contributed by atoms with E-state index in [2.05, 4.69) is 12.2 Å². The van der Waals surface area contributed by atoms with Crippen molar-refractivity contribution in [2.24, 2.45) is 0 Å². The number of hydrogen-bond donors (Lipinski definition) is 1. The molecule has 0 radical (unpaired) electrons. The maximum Gasteiger partial charge on any atom is 0.146 e. The van der Waals surface area contributed by atoms with E-state index in [0.717, 1.165) is 11.5 Å². The largest absolute Gasteiger partial charge is 0.496 e. The van der Waals surface area contributed by atoms with Gasteiger partial charge in [-0.3, -0.25) is 0 Å². The monoisotopic (exact) mass is 231 g/mol. The van der Waals surface area contributed by atoms with E-state index in [4.69, 9.17) is 15.2 Å². The first-order valence-corrected chi connectivity index (χ1v) is 5.98. The molecule has 1 aromatic rings. The lowest BCUT2D eigenvalue weighted by molar-refractivity contribution is 0.381. The topological polar surface area (TPSA) is 44.5 Å². The summed E-state index contributed by atoms with van der Waals surface area (Å²) in [6.45, 7) is 0. The molecule has 0 fully saturated rings. The minimum Gasteiger partial charge on any atom is -0.496 e. The van der Waals surface area contributed by atoms with Gasteiger partial charge in [-0.2, -0.15) is 0 Å². The first kappa shape index (κ1) is 10.5. The molecule has 2 unspecified atom stereocenters. The Labute approximate surface area is 101 Å². The maximum absolute atomic E-state index is 6.03. The van der Waals surface area contributed by atoms with Crippen molar-refractivity contribution in [2.75, 3.05) is 20.0 Å². The zero-order valence-electron chi connectivity index (χ0n) is 10.2. The number of anilines is 1. The summed E-state index contributed by atoms with van der Waals surface area (Å²) in [5, 5.41) is 0. The predicted molar refractivity (Wildman–Crippen MR) is 67.8 cm³/mol. The molecule has 17 heavy (non-hydrogen) atoms. The van der Waals surface area contributed by atoms with E-state index in [0.29, 0.717) is 17.5 Å². The molecule has 0 amide bonds. The molecular weight excluding hydrogens is 214 g/mol. The average molecular weight is 231 g/mol. The number of methoxy groups -OCH3 is 2. The molecule has 2 N–H and O–H groups in total. The molecular formula is C14H17NO2. The van der Waals surface area contributed by atoms with Gasteiger partial charge in [-0.15, -0.1) is 0 Å². The highest BCUT2D eigenvalue weighted by atomic mass is 16.5. The van der Waals surface area contributed by atoms with Crippen molar-refractivity contribution in [2.45, 2.75) is 24.7 Å². The van der Waals surface area contributed by atoms with Gasteiger partial charge < -0.3 is 15.2 Å². The number of benzene rings is 1. The molecule has 3 nitrogen and oxygen atoms in total. The van der Waals surface area contributed by atoms with Crippen molar-refractivity contribution < 1.29 is 9.47 Å². The number of hydrogen-bond acceptors (Lipinski definition) is 3. The number of nitrogen functional groups attached to an aromatic ring is 1. The van der Waals surface area contributed by atoms with Crippen molar-refractivity contribution in [1.82, 2.24) is 0 Å². The quantitative estimate of drug-likeness (QED) is 0.628. The first-order chi connectivity index (χ1) is 8.26. The van der Waals surface area contributed by atoms with Crippen molar-refractivity contribution in [3.63, 3.8) is 0 Å². The molecule has 0 aromatic heterocycles. The van der Waals surface area contributed by atoms with Gasteiger partial charge in [0.2, 0.25) is 0 Å². The maximum atomic E-state index is 6.03. The molecule has 1 aromatic carbocycles. The summed E-state index contributed by atoms with van der Waals surface area (Å²) in [4.78, 5) is 0. The van der Waals surface area contributed by atoms with Crippen LogP contribution >= 0.6 is 0 Å². The van der Waals surface area contributed by atoms with E-state index in [1.807, 2.05) is 6.07 Å². The SMILES string of the molecule is COc1cc(N)c(OC)c2c1C1C=CC2CC1. The van der Waals surface area contributed by atoms with Gasteiger partial charge in [0.25, 0.3) is 0 Å². The fourth-order valence-corrected chi connectivity index (χ4v) is 3.14. The summed E-state index contributed by atoms with van der Waals surface area (Å²) >= 11 is 0. The van der Waals surface area contributed by atoms with Crippen LogP contribution in [0.5, 0.6) is 11.5 Å². The van der Waals surface area contributed by atoms with Crippen LogP contribution in [0.4, 0.5) is 5.69 Å². The van der Waals surface area contributed by atoms with Gasteiger partial charge in [-0.25, -0.2) is 0 Å². The highest BCUT2D eigenvalue weighted by Crippen LogP contribution is 2.53. The molecule has 0 saturated carbocycles. The second kappa shape index (κ2) is 3.69. The lowest BCUT2D eigenvalue weighted by Crippen LogP contribution is -2.19. The van der Waals surface area contributed by atoms with E-state index in [9.17, 15) is 0 Å². The smallest absolute Gasteiger partial charge is 0.146 e. The van der Waals surface area contributed by atoms with Gasteiger partial charge in [0.05, 0.1) is 19.9 Å². The standard InChI is InChI=1S/C14H17NO2/c1-16-11-7-10(15)14(17-2)13-9-5-3-8(4-6-9)12(11)13/h3,5,7-9H,4,6,15H2,1-2H3. The van der Waals surface area contributed by atoms with Crippen molar-refractivity contribution in [3.8, 4) is 11.5 Å². The minimum absolute atomic E-state index is 0.433. The van der Waals surface area contributed by atoms with Crippen molar-refractivity contribution >= 4 is 5.69 Å². The third kappa shape index (κ3) is 1.35. The summed E-state index contributed by atoms with van der Waals surface area (Å²) in [6.07, 6.45) is 6.93. The molecule has 2 atom stereocenters. The van der Waals surface area contributed by atoms with Crippen LogP contribution in [0, 0.1) is 0 Å². The summed E-state index contributed by atoms with van der Waals surface area (Å²) in [5.74, 6) is 2.62. The Hall–Kier alpha value is -1.64. The molecule has 3 aliphatic rings. The molecule has 2 bridgehead atoms. The number of fused-ring (bicyclic) bond motifs is 1. The van der Waals surface area contributed by atoms with Crippen LogP contribution < -0.4 is 15.2 Å².